The fourth-order valence-electron chi connectivity index (χ4n) is 1.87. The molecule has 0 aromatic carbocycles. The summed E-state index contributed by atoms with van der Waals surface area (Å²) in [6.07, 6.45) is 3.21. The Morgan fingerprint density at radius 3 is 3.21 bits per heavy atom. The van der Waals surface area contributed by atoms with Crippen LogP contribution in [0.4, 0.5) is 0 Å². The molecule has 14 heavy (non-hydrogen) atoms. The number of hydrogen-bond donors (Lipinski definition) is 1. The Balaban J connectivity index is 1.97. The molecule has 1 saturated heterocycles. The van der Waals surface area contributed by atoms with Crippen LogP contribution in [-0.4, -0.2) is 35.1 Å². The van der Waals surface area contributed by atoms with Crippen LogP contribution in [0.2, 0.25) is 0 Å². The molecule has 0 radical (unpaired) electrons. The van der Waals surface area contributed by atoms with E-state index in [-0.39, 0.29) is 0 Å². The third-order valence-electron chi connectivity index (χ3n) is 3.01. The molecule has 1 aromatic heterocycles. The highest BCUT2D eigenvalue weighted by molar-refractivity contribution is 4.94. The lowest BCUT2D eigenvalue weighted by atomic mass is 10.1. The molecule has 1 fully saturated rings. The molecule has 0 aliphatic carbocycles. The zero-order chi connectivity index (χ0) is 9.97. The fraction of sp³-hybridized carbons (Fsp3) is 0.700. The molecule has 0 amide bonds. The van der Waals surface area contributed by atoms with Crippen LogP contribution in [0.1, 0.15) is 19.5 Å². The van der Waals surface area contributed by atoms with Crippen LogP contribution in [0.3, 0.4) is 0 Å². The molecular formula is C10H17N3O. The lowest BCUT2D eigenvalue weighted by Gasteiger charge is -2.38. The minimum atomic E-state index is 0.552. The standard InChI is InChI=1S/C10H17N3O/c1-8-9(2)13(4-3-11-8)5-10-6-14-7-12-10/h6-9,11H,3-5H2,1-2H3. The van der Waals surface area contributed by atoms with Crippen molar-refractivity contribution in [3.05, 3.63) is 18.4 Å². The van der Waals surface area contributed by atoms with Gasteiger partial charge >= 0.3 is 0 Å². The summed E-state index contributed by atoms with van der Waals surface area (Å²) in [5.74, 6) is 0. The van der Waals surface area contributed by atoms with Gasteiger partial charge in [-0.25, -0.2) is 4.98 Å². The van der Waals surface area contributed by atoms with Crippen molar-refractivity contribution in [3.63, 3.8) is 0 Å². The normalized spacial score (nSPS) is 29.3. The van der Waals surface area contributed by atoms with Crippen molar-refractivity contribution >= 4 is 0 Å². The first-order valence-electron chi connectivity index (χ1n) is 5.12. The van der Waals surface area contributed by atoms with Gasteiger partial charge in [-0.15, -0.1) is 0 Å². The van der Waals surface area contributed by atoms with Gasteiger partial charge in [0, 0.05) is 31.7 Å². The molecule has 1 aliphatic heterocycles. The average molecular weight is 195 g/mol. The quantitative estimate of drug-likeness (QED) is 0.760. The van der Waals surface area contributed by atoms with Gasteiger partial charge in [-0.3, -0.25) is 4.90 Å². The van der Waals surface area contributed by atoms with Gasteiger partial charge < -0.3 is 9.73 Å². The van der Waals surface area contributed by atoms with E-state index >= 15 is 0 Å². The van der Waals surface area contributed by atoms with E-state index < -0.39 is 0 Å². The van der Waals surface area contributed by atoms with Crippen LogP contribution < -0.4 is 5.32 Å². The number of nitrogens with zero attached hydrogens (tertiary/aromatic N) is 2. The van der Waals surface area contributed by atoms with Crippen LogP contribution in [0.25, 0.3) is 0 Å². The van der Waals surface area contributed by atoms with E-state index in [1.54, 1.807) is 6.26 Å². The molecule has 1 aliphatic rings. The van der Waals surface area contributed by atoms with Crippen LogP contribution in [-0.2, 0) is 6.54 Å². The Labute approximate surface area is 84.3 Å². The number of hydrogen-bond acceptors (Lipinski definition) is 4. The Morgan fingerprint density at radius 1 is 1.64 bits per heavy atom. The third-order valence-corrected chi connectivity index (χ3v) is 3.01. The lowest BCUT2D eigenvalue weighted by Crippen LogP contribution is -2.54. The van der Waals surface area contributed by atoms with Gasteiger partial charge in [-0.1, -0.05) is 0 Å². The predicted octanol–water partition coefficient (Wildman–Crippen LogP) is 0.857. The molecule has 1 N–H and O–H groups in total. The highest BCUT2D eigenvalue weighted by Crippen LogP contribution is 2.12. The molecular weight excluding hydrogens is 178 g/mol. The summed E-state index contributed by atoms with van der Waals surface area (Å²) in [6.45, 7) is 7.50. The maximum atomic E-state index is 4.96. The van der Waals surface area contributed by atoms with E-state index in [0.29, 0.717) is 12.1 Å². The van der Waals surface area contributed by atoms with Crippen LogP contribution in [0, 0.1) is 0 Å². The van der Waals surface area contributed by atoms with E-state index in [1.165, 1.54) is 6.39 Å². The summed E-state index contributed by atoms with van der Waals surface area (Å²) < 4.78 is 4.96. The van der Waals surface area contributed by atoms with Crippen LogP contribution in [0.15, 0.2) is 17.1 Å². The summed E-state index contributed by atoms with van der Waals surface area (Å²) in [5.41, 5.74) is 1.02. The van der Waals surface area contributed by atoms with Crippen LogP contribution >= 0.6 is 0 Å². The van der Waals surface area contributed by atoms with Crippen molar-refractivity contribution in [1.82, 2.24) is 15.2 Å². The molecule has 0 bridgehead atoms. The smallest absolute Gasteiger partial charge is 0.180 e. The first-order chi connectivity index (χ1) is 6.77. The van der Waals surface area contributed by atoms with Gasteiger partial charge in [-0.05, 0) is 13.8 Å². The van der Waals surface area contributed by atoms with Crippen molar-refractivity contribution in [2.75, 3.05) is 13.1 Å². The van der Waals surface area contributed by atoms with Crippen molar-refractivity contribution in [2.24, 2.45) is 0 Å². The zero-order valence-electron chi connectivity index (χ0n) is 8.73. The van der Waals surface area contributed by atoms with E-state index in [0.717, 1.165) is 25.3 Å². The van der Waals surface area contributed by atoms with Gasteiger partial charge in [0.25, 0.3) is 0 Å². The first kappa shape index (κ1) is 9.68. The topological polar surface area (TPSA) is 41.3 Å². The summed E-state index contributed by atoms with van der Waals surface area (Å²) in [5, 5.41) is 3.46. The minimum Gasteiger partial charge on any atom is -0.451 e. The SMILES string of the molecule is CC1NCCN(Cc2cocn2)C1C. The van der Waals surface area contributed by atoms with Crippen molar-refractivity contribution in [3.8, 4) is 0 Å². The van der Waals surface area contributed by atoms with E-state index in [9.17, 15) is 0 Å². The summed E-state index contributed by atoms with van der Waals surface area (Å²) >= 11 is 0. The van der Waals surface area contributed by atoms with Gasteiger partial charge in [0.2, 0.25) is 0 Å². The molecule has 78 valence electrons. The number of aromatic nitrogens is 1. The van der Waals surface area contributed by atoms with Crippen LogP contribution in [0.5, 0.6) is 0 Å². The Hall–Kier alpha value is -0.870. The number of nitrogens with one attached hydrogen (secondary N) is 1. The van der Waals surface area contributed by atoms with Gasteiger partial charge in [-0.2, -0.15) is 0 Å². The second kappa shape index (κ2) is 4.11. The second-order valence-electron chi connectivity index (χ2n) is 3.93. The zero-order valence-corrected chi connectivity index (χ0v) is 8.73. The Morgan fingerprint density at radius 2 is 2.50 bits per heavy atom. The second-order valence-corrected chi connectivity index (χ2v) is 3.93. The highest BCUT2D eigenvalue weighted by atomic mass is 16.3. The molecule has 0 spiro atoms. The van der Waals surface area contributed by atoms with Gasteiger partial charge in [0.05, 0.1) is 5.69 Å². The minimum absolute atomic E-state index is 0.552. The molecule has 2 rings (SSSR count). The highest BCUT2D eigenvalue weighted by Gasteiger charge is 2.24. The number of piperazine rings is 1. The number of oxazole rings is 1. The molecule has 2 unspecified atom stereocenters. The maximum Gasteiger partial charge on any atom is 0.180 e. The third kappa shape index (κ3) is 1.96. The first-order valence-corrected chi connectivity index (χ1v) is 5.12. The Kier molecular flexibility index (Phi) is 2.84. The van der Waals surface area contributed by atoms with Crippen molar-refractivity contribution < 1.29 is 4.42 Å². The maximum absolute atomic E-state index is 4.96. The monoisotopic (exact) mass is 195 g/mol. The molecule has 1 aromatic rings. The summed E-state index contributed by atoms with van der Waals surface area (Å²) in [7, 11) is 0. The lowest BCUT2D eigenvalue weighted by molar-refractivity contribution is 0.129. The van der Waals surface area contributed by atoms with E-state index in [4.69, 9.17) is 4.42 Å². The summed E-state index contributed by atoms with van der Waals surface area (Å²) in [4.78, 5) is 6.57. The Bertz CT molecular complexity index is 273. The fourth-order valence-corrected chi connectivity index (χ4v) is 1.87. The van der Waals surface area contributed by atoms with E-state index in [2.05, 4.69) is 29.0 Å². The molecule has 2 atom stereocenters. The average Bonchev–Trinajstić information content (AvgIpc) is 2.66. The molecule has 0 saturated carbocycles. The summed E-state index contributed by atoms with van der Waals surface area (Å²) in [6, 6.07) is 1.11. The van der Waals surface area contributed by atoms with Gasteiger partial charge in [0.15, 0.2) is 6.39 Å². The molecule has 2 heterocycles. The van der Waals surface area contributed by atoms with Crippen molar-refractivity contribution in [1.29, 1.82) is 0 Å². The van der Waals surface area contributed by atoms with Gasteiger partial charge in [0.1, 0.15) is 6.26 Å². The molecule has 4 nitrogen and oxygen atoms in total. The van der Waals surface area contributed by atoms with Crippen molar-refractivity contribution in [2.45, 2.75) is 32.5 Å². The predicted molar refractivity (Wildman–Crippen MR) is 53.8 cm³/mol. The largest absolute Gasteiger partial charge is 0.451 e. The van der Waals surface area contributed by atoms with E-state index in [1.807, 2.05) is 0 Å². The number of rotatable bonds is 2. The molecule has 4 heteroatoms.